The van der Waals surface area contributed by atoms with Gasteiger partial charge >= 0.3 is 6.03 Å². The van der Waals surface area contributed by atoms with Crippen molar-refractivity contribution in [2.24, 2.45) is 5.92 Å². The molecule has 1 aliphatic rings. The largest absolute Gasteiger partial charge is 0.396 e. The van der Waals surface area contributed by atoms with Crippen molar-refractivity contribution in [3.8, 4) is 11.1 Å². The number of halogens is 2. The topological polar surface area (TPSA) is 125 Å². The van der Waals surface area contributed by atoms with Gasteiger partial charge in [0.25, 0.3) is 5.91 Å². The lowest BCUT2D eigenvalue weighted by molar-refractivity contribution is -0.119. The summed E-state index contributed by atoms with van der Waals surface area (Å²) in [5.41, 5.74) is -0.468. The molecule has 1 aliphatic carbocycles. The summed E-state index contributed by atoms with van der Waals surface area (Å²) in [7, 11) is -3.55. The maximum Gasteiger partial charge on any atom is 0.320 e. The average Bonchev–Trinajstić information content (AvgIpc) is 3.55. The first kappa shape index (κ1) is 25.6. The van der Waals surface area contributed by atoms with Crippen LogP contribution in [0.1, 0.15) is 6.42 Å². The smallest absolute Gasteiger partial charge is 0.320 e. The average molecular weight is 532 g/mol. The Morgan fingerprint density at radius 3 is 2.39 bits per heavy atom. The summed E-state index contributed by atoms with van der Waals surface area (Å²) in [5.74, 6) is -2.01. The van der Waals surface area contributed by atoms with Crippen LogP contribution in [-0.4, -0.2) is 43.9 Å². The zero-order valence-corrected chi connectivity index (χ0v) is 20.7. The minimum absolute atomic E-state index is 0.0554. The number of hydrogen-bond acceptors (Lipinski definition) is 5. The van der Waals surface area contributed by atoms with Crippen LogP contribution in [-0.2, 0) is 14.6 Å². The van der Waals surface area contributed by atoms with Crippen LogP contribution in [0.5, 0.6) is 0 Å². The lowest BCUT2D eigenvalue weighted by Gasteiger charge is -2.20. The molecule has 3 aromatic rings. The summed E-state index contributed by atoms with van der Waals surface area (Å²) in [5, 5.41) is 17.8. The van der Waals surface area contributed by atoms with E-state index in [2.05, 4.69) is 16.0 Å². The van der Waals surface area contributed by atoms with E-state index in [1.165, 1.54) is 18.2 Å². The van der Waals surface area contributed by atoms with Crippen LogP contribution in [0.2, 0.25) is 5.02 Å². The quantitative estimate of drug-likeness (QED) is 0.366. The highest BCUT2D eigenvalue weighted by Crippen LogP contribution is 2.44. The Morgan fingerprint density at radius 1 is 1.08 bits per heavy atom. The van der Waals surface area contributed by atoms with Crippen LogP contribution in [0.4, 0.5) is 20.6 Å². The van der Waals surface area contributed by atoms with Crippen LogP contribution in [0.3, 0.4) is 0 Å². The summed E-state index contributed by atoms with van der Waals surface area (Å²) >= 11 is 5.84. The Kier molecular flexibility index (Phi) is 7.03. The molecular weight excluding hydrogens is 509 g/mol. The zero-order chi connectivity index (χ0) is 26.1. The van der Waals surface area contributed by atoms with Gasteiger partial charge in [0, 0.05) is 35.1 Å². The number of carbonyl (C=O) groups excluding carboxylic acids is 2. The Hall–Kier alpha value is -3.47. The molecule has 0 heterocycles. The van der Waals surface area contributed by atoms with E-state index in [9.17, 15) is 27.5 Å². The molecule has 0 aliphatic heterocycles. The van der Waals surface area contributed by atoms with Crippen molar-refractivity contribution in [1.82, 2.24) is 5.32 Å². The van der Waals surface area contributed by atoms with Crippen LogP contribution >= 0.6 is 11.6 Å². The molecule has 1 fully saturated rings. The molecule has 0 unspecified atom stereocenters. The SMILES string of the molecule is CS(=O)(=O)c1ccccc1-c1ccc(NC(=O)[C@@]2(NC(=O)Nc3ccc(Cl)cc3)C[C@@H]2CO)c(F)c1. The van der Waals surface area contributed by atoms with E-state index in [-0.39, 0.29) is 23.6 Å². The molecule has 0 bridgehead atoms. The van der Waals surface area contributed by atoms with Gasteiger partial charge in [-0.2, -0.15) is 0 Å². The van der Waals surface area contributed by atoms with Gasteiger partial charge in [-0.3, -0.25) is 4.79 Å². The number of benzene rings is 3. The summed E-state index contributed by atoms with van der Waals surface area (Å²) in [6.07, 6.45) is 1.24. The number of aliphatic hydroxyl groups excluding tert-OH is 1. The van der Waals surface area contributed by atoms with E-state index in [0.29, 0.717) is 21.8 Å². The Labute approximate surface area is 212 Å². The van der Waals surface area contributed by atoms with E-state index in [4.69, 9.17) is 11.6 Å². The predicted molar refractivity (Wildman–Crippen MR) is 135 cm³/mol. The lowest BCUT2D eigenvalue weighted by atomic mass is 10.0. The van der Waals surface area contributed by atoms with Crippen LogP contribution < -0.4 is 16.0 Å². The van der Waals surface area contributed by atoms with Crippen molar-refractivity contribution < 1.29 is 27.5 Å². The Bertz CT molecular complexity index is 1430. The Morgan fingerprint density at radius 2 is 1.78 bits per heavy atom. The molecule has 36 heavy (non-hydrogen) atoms. The van der Waals surface area contributed by atoms with Gasteiger partial charge in [-0.15, -0.1) is 0 Å². The summed E-state index contributed by atoms with van der Waals surface area (Å²) < 4.78 is 39.2. The lowest BCUT2D eigenvalue weighted by Crippen LogP contribution is -2.49. The fraction of sp³-hybridized carbons (Fsp3) is 0.200. The molecule has 3 amide bonds. The van der Waals surface area contributed by atoms with Crippen molar-refractivity contribution in [2.75, 3.05) is 23.5 Å². The second-order valence-electron chi connectivity index (χ2n) is 8.56. The number of rotatable bonds is 7. The first-order valence-electron chi connectivity index (χ1n) is 10.9. The van der Waals surface area contributed by atoms with Crippen LogP contribution in [0.25, 0.3) is 11.1 Å². The van der Waals surface area contributed by atoms with Gasteiger partial charge in [0.15, 0.2) is 9.84 Å². The standard InChI is InChI=1S/C25H23ClFN3O5S/c1-36(34,35)22-5-3-2-4-19(22)15-6-11-21(20(27)12-15)29-23(32)25(13-16(25)14-31)30-24(33)28-18-9-7-17(26)8-10-18/h2-12,16,31H,13-14H2,1H3,(H,29,32)(H2,28,30,33)/t16-,25-/m1/s1. The van der Waals surface area contributed by atoms with Gasteiger partial charge in [-0.1, -0.05) is 35.9 Å². The number of sulfone groups is 1. The second-order valence-corrected chi connectivity index (χ2v) is 11.0. The number of carbonyl (C=O) groups is 2. The molecule has 4 N–H and O–H groups in total. The fourth-order valence-corrected chi connectivity index (χ4v) is 5.02. The molecule has 0 saturated heterocycles. The number of amides is 3. The minimum Gasteiger partial charge on any atom is -0.396 e. The first-order valence-corrected chi connectivity index (χ1v) is 13.2. The number of urea groups is 1. The van der Waals surface area contributed by atoms with Crippen molar-refractivity contribution >= 4 is 44.8 Å². The highest BCUT2D eigenvalue weighted by atomic mass is 35.5. The van der Waals surface area contributed by atoms with Gasteiger partial charge in [-0.25, -0.2) is 17.6 Å². The third-order valence-electron chi connectivity index (χ3n) is 5.98. The van der Waals surface area contributed by atoms with Gasteiger partial charge in [0.2, 0.25) is 0 Å². The molecule has 11 heteroatoms. The van der Waals surface area contributed by atoms with E-state index in [1.807, 2.05) is 0 Å². The Balaban J connectivity index is 1.52. The third-order valence-corrected chi connectivity index (χ3v) is 7.39. The summed E-state index contributed by atoms with van der Waals surface area (Å²) in [6.45, 7) is -0.349. The number of nitrogens with one attached hydrogen (secondary N) is 3. The monoisotopic (exact) mass is 531 g/mol. The van der Waals surface area contributed by atoms with E-state index in [1.54, 1.807) is 42.5 Å². The molecule has 1 saturated carbocycles. The molecule has 0 radical (unpaired) electrons. The molecule has 8 nitrogen and oxygen atoms in total. The molecule has 3 aromatic carbocycles. The van der Waals surface area contributed by atoms with Gasteiger partial charge in [0.1, 0.15) is 11.4 Å². The van der Waals surface area contributed by atoms with Crippen LogP contribution in [0, 0.1) is 11.7 Å². The molecule has 188 valence electrons. The van der Waals surface area contributed by atoms with Crippen LogP contribution in [0.15, 0.2) is 71.6 Å². The molecule has 0 aromatic heterocycles. The number of aliphatic hydroxyl groups is 1. The third kappa shape index (κ3) is 5.35. The van der Waals surface area contributed by atoms with E-state index in [0.717, 1.165) is 12.3 Å². The van der Waals surface area contributed by atoms with Crippen molar-refractivity contribution in [2.45, 2.75) is 16.9 Å². The maximum absolute atomic E-state index is 15.0. The molecular formula is C25H23ClFN3O5S. The molecule has 4 rings (SSSR count). The van der Waals surface area contributed by atoms with Gasteiger partial charge in [0.05, 0.1) is 10.6 Å². The number of hydrogen-bond donors (Lipinski definition) is 4. The van der Waals surface area contributed by atoms with E-state index >= 15 is 0 Å². The van der Waals surface area contributed by atoms with Gasteiger partial charge < -0.3 is 21.1 Å². The van der Waals surface area contributed by atoms with E-state index < -0.39 is 39.0 Å². The predicted octanol–water partition coefficient (Wildman–Crippen LogP) is 4.06. The second kappa shape index (κ2) is 9.88. The molecule has 0 spiro atoms. The highest BCUT2D eigenvalue weighted by Gasteiger charge is 2.61. The molecule has 2 atom stereocenters. The minimum atomic E-state index is -3.55. The van der Waals surface area contributed by atoms with Crippen molar-refractivity contribution in [3.05, 3.63) is 77.6 Å². The highest BCUT2D eigenvalue weighted by molar-refractivity contribution is 7.90. The van der Waals surface area contributed by atoms with Crippen molar-refractivity contribution in [3.63, 3.8) is 0 Å². The fourth-order valence-electron chi connectivity index (χ4n) is 3.98. The summed E-state index contributed by atoms with van der Waals surface area (Å²) in [4.78, 5) is 25.6. The zero-order valence-electron chi connectivity index (χ0n) is 19.1. The normalized spacial score (nSPS) is 18.8. The number of anilines is 2. The first-order chi connectivity index (χ1) is 17.0. The summed E-state index contributed by atoms with van der Waals surface area (Å²) in [6, 6.07) is 15.8. The van der Waals surface area contributed by atoms with Gasteiger partial charge in [-0.05, 0) is 54.4 Å². The van der Waals surface area contributed by atoms with Crippen molar-refractivity contribution in [1.29, 1.82) is 0 Å². The maximum atomic E-state index is 15.0.